The van der Waals surface area contributed by atoms with E-state index in [4.69, 9.17) is 18.6 Å². The molecule has 0 heterocycles. The Hall–Kier alpha value is -1.80. The zero-order valence-corrected chi connectivity index (χ0v) is 21.0. The van der Waals surface area contributed by atoms with Crippen LogP contribution in [0.2, 0.25) is 0 Å². The van der Waals surface area contributed by atoms with Crippen LogP contribution in [0, 0.1) is 6.92 Å². The Morgan fingerprint density at radius 1 is 0.710 bits per heavy atom. The maximum atomic E-state index is 10.3. The third-order valence-corrected chi connectivity index (χ3v) is 6.28. The summed E-state index contributed by atoms with van der Waals surface area (Å²) in [5.41, 5.74) is 4.58. The number of phenolic OH excluding ortho intramolecular Hbond substituents is 1. The van der Waals surface area contributed by atoms with Crippen LogP contribution >= 0.6 is 27.2 Å². The molecule has 31 heavy (non-hydrogen) atoms. The Morgan fingerprint density at radius 3 is 1.77 bits per heavy atom. The molecule has 0 aromatic heterocycles. The minimum atomic E-state index is -0.556. The zero-order valence-electron chi connectivity index (χ0n) is 17.0. The van der Waals surface area contributed by atoms with E-state index in [9.17, 15) is 5.11 Å². The average Bonchev–Trinajstić information content (AvgIpc) is 2.79. The Balaban J connectivity index is 0.000000858. The number of benzene rings is 4. The summed E-state index contributed by atoms with van der Waals surface area (Å²) in [5, 5.41) is 12.5. The van der Waals surface area contributed by atoms with Gasteiger partial charge < -0.3 is 10.0 Å². The fourth-order valence-electron chi connectivity index (χ4n) is 3.30. The summed E-state index contributed by atoms with van der Waals surface area (Å²) >= 11 is -0.556. The zero-order chi connectivity index (χ0) is 22.1. The van der Waals surface area contributed by atoms with Gasteiger partial charge in [0, 0.05) is 22.0 Å². The van der Waals surface area contributed by atoms with Crippen molar-refractivity contribution in [3.8, 4) is 5.75 Å². The number of nitrogens with zero attached hydrogens (tertiary/aromatic N) is 1. The molecule has 0 amide bonds. The fraction of sp³-hybridized carbons (Fsp3) is 0.0400. The second kappa shape index (κ2) is 12.3. The molecule has 2 nitrogen and oxygen atoms in total. The average molecular weight is 502 g/mol. The molecule has 156 valence electrons. The van der Waals surface area contributed by atoms with Crippen molar-refractivity contribution in [2.24, 2.45) is 0 Å². The second-order valence-electron chi connectivity index (χ2n) is 6.69. The van der Waals surface area contributed by atoms with Gasteiger partial charge in [0.05, 0.1) is 5.69 Å². The molecule has 0 saturated carbocycles. The Morgan fingerprint density at radius 2 is 1.23 bits per heavy atom. The van der Waals surface area contributed by atoms with Crippen molar-refractivity contribution in [2.45, 2.75) is 6.92 Å². The third kappa shape index (κ3) is 6.35. The van der Waals surface area contributed by atoms with Gasteiger partial charge in [-0.2, -0.15) is 0 Å². The molecule has 1 N–H and O–H groups in total. The van der Waals surface area contributed by atoms with Crippen LogP contribution in [-0.4, -0.2) is 5.11 Å². The van der Waals surface area contributed by atoms with E-state index < -0.39 is 17.0 Å². The minimum absolute atomic E-state index is 0.348. The number of aryl methyl sites for hydroxylation is 1. The van der Waals surface area contributed by atoms with Crippen LogP contribution in [0.1, 0.15) is 5.56 Å². The summed E-state index contributed by atoms with van der Waals surface area (Å²) in [6.07, 6.45) is 0. The molecule has 0 aliphatic heterocycles. The molecule has 0 radical (unpaired) electrons. The summed E-state index contributed by atoms with van der Waals surface area (Å²) in [5.74, 6) is 0.348. The number of hydrogen-bond donors (Lipinski definition) is 1. The van der Waals surface area contributed by atoms with Gasteiger partial charge in [-0.15, -0.1) is 0 Å². The Labute approximate surface area is 202 Å². The van der Waals surface area contributed by atoms with E-state index in [2.05, 4.69) is 78.6 Å². The summed E-state index contributed by atoms with van der Waals surface area (Å²) in [6, 6.07) is 34.8. The number of halogens is 2. The summed E-state index contributed by atoms with van der Waals surface area (Å²) in [4.78, 5) is 2.29. The molecule has 1 unspecified atom stereocenters. The van der Waals surface area contributed by atoms with Crippen LogP contribution in [-0.2, 0) is 17.0 Å². The van der Waals surface area contributed by atoms with E-state index >= 15 is 0 Å². The van der Waals surface area contributed by atoms with Crippen LogP contribution in [0.3, 0.4) is 0 Å². The molecule has 0 spiro atoms. The summed E-state index contributed by atoms with van der Waals surface area (Å²) in [6.45, 7) is 2.14. The topological polar surface area (TPSA) is 23.5 Å². The number of anilines is 3. The van der Waals surface area contributed by atoms with Gasteiger partial charge in [-0.05, 0) is 48.9 Å². The molecular formula is C25H22Cl2NOPTi. The molecule has 0 fully saturated rings. The molecular weight excluding hydrogens is 480 g/mol. The molecule has 0 aliphatic rings. The Kier molecular flexibility index (Phi) is 9.46. The summed E-state index contributed by atoms with van der Waals surface area (Å²) in [7, 11) is 10.1. The first kappa shape index (κ1) is 23.9. The number of aromatic hydroxyl groups is 1. The fourth-order valence-corrected chi connectivity index (χ4v) is 4.56. The molecule has 6 heteroatoms. The van der Waals surface area contributed by atoms with Crippen LogP contribution in [0.4, 0.5) is 17.1 Å². The molecule has 0 aliphatic carbocycles. The van der Waals surface area contributed by atoms with Crippen molar-refractivity contribution in [3.05, 3.63) is 109 Å². The van der Waals surface area contributed by atoms with Crippen LogP contribution in [0.15, 0.2) is 103 Å². The van der Waals surface area contributed by atoms with E-state index in [0.29, 0.717) is 14.3 Å². The van der Waals surface area contributed by atoms with Gasteiger partial charge in [0.25, 0.3) is 0 Å². The van der Waals surface area contributed by atoms with E-state index in [0.717, 1.165) is 22.4 Å². The van der Waals surface area contributed by atoms with Gasteiger partial charge >= 0.3 is 35.6 Å². The molecule has 0 saturated heterocycles. The van der Waals surface area contributed by atoms with Crippen molar-refractivity contribution in [1.29, 1.82) is 0 Å². The van der Waals surface area contributed by atoms with Gasteiger partial charge in [0.2, 0.25) is 0 Å². The van der Waals surface area contributed by atoms with Crippen molar-refractivity contribution in [2.75, 3.05) is 4.90 Å². The predicted molar refractivity (Wildman–Crippen MR) is 133 cm³/mol. The van der Waals surface area contributed by atoms with E-state index in [1.165, 1.54) is 10.9 Å². The van der Waals surface area contributed by atoms with Gasteiger partial charge in [-0.1, -0.05) is 75.3 Å². The Bertz CT molecular complexity index is 1060. The molecule has 0 bridgehead atoms. The maximum absolute atomic E-state index is 10.3. The molecule has 4 aromatic rings. The SMILES string of the molecule is Cc1cccc(N(c2ccccc2)c2ccccc2)c1Pc1ccccc1O.[Cl][Ti][Cl]. The van der Waals surface area contributed by atoms with Crippen molar-refractivity contribution >= 4 is 54.9 Å². The summed E-state index contributed by atoms with van der Waals surface area (Å²) < 4.78 is 0. The van der Waals surface area contributed by atoms with Gasteiger partial charge in [-0.3, -0.25) is 0 Å². The first-order valence-electron chi connectivity index (χ1n) is 9.67. The van der Waals surface area contributed by atoms with E-state index in [1.807, 2.05) is 30.3 Å². The van der Waals surface area contributed by atoms with Crippen molar-refractivity contribution in [3.63, 3.8) is 0 Å². The van der Waals surface area contributed by atoms with Crippen LogP contribution in [0.5, 0.6) is 5.75 Å². The van der Waals surface area contributed by atoms with Gasteiger partial charge in [0.1, 0.15) is 5.75 Å². The standard InChI is InChI=1S/C25H22NOP.2ClH.Ti/c1-19-11-10-16-22(25(19)28-24-18-9-8-17-23(24)27)26(20-12-4-2-5-13-20)21-14-6-3-7-15-21;;;/h2-18,27-28H,1H3;2*1H;/q;;;+2/p-2. The van der Waals surface area contributed by atoms with Gasteiger partial charge in [0.15, 0.2) is 0 Å². The first-order chi connectivity index (χ1) is 15.2. The van der Waals surface area contributed by atoms with E-state index in [1.54, 1.807) is 6.07 Å². The van der Waals surface area contributed by atoms with Crippen LogP contribution < -0.4 is 15.5 Å². The normalized spacial score (nSPS) is 10.4. The monoisotopic (exact) mass is 501 g/mol. The van der Waals surface area contributed by atoms with Crippen molar-refractivity contribution < 1.29 is 22.1 Å². The molecule has 4 aromatic carbocycles. The third-order valence-electron chi connectivity index (χ3n) is 4.68. The number of phenols is 1. The first-order valence-corrected chi connectivity index (χ1v) is 15.0. The van der Waals surface area contributed by atoms with E-state index in [-0.39, 0.29) is 0 Å². The second-order valence-corrected chi connectivity index (χ2v) is 10.6. The van der Waals surface area contributed by atoms with Crippen LogP contribution in [0.25, 0.3) is 0 Å². The number of rotatable bonds is 5. The van der Waals surface area contributed by atoms with Crippen molar-refractivity contribution in [1.82, 2.24) is 0 Å². The predicted octanol–water partition coefficient (Wildman–Crippen LogP) is 7.18. The molecule has 4 rings (SSSR count). The quantitative estimate of drug-likeness (QED) is 0.231. The number of para-hydroxylation sites is 3. The van der Waals surface area contributed by atoms with Gasteiger partial charge in [-0.25, -0.2) is 0 Å². The number of hydrogen-bond acceptors (Lipinski definition) is 2. The molecule has 1 atom stereocenters.